The lowest BCUT2D eigenvalue weighted by molar-refractivity contribution is -0.118. The van der Waals surface area contributed by atoms with Gasteiger partial charge in [0.1, 0.15) is 17.4 Å². The maximum atomic E-state index is 12.6. The molecule has 1 amide bonds. The molecule has 1 aromatic heterocycles. The van der Waals surface area contributed by atoms with E-state index in [9.17, 15) is 13.2 Å². The first-order valence-corrected chi connectivity index (χ1v) is 11.1. The van der Waals surface area contributed by atoms with E-state index in [1.54, 1.807) is 19.9 Å². The second-order valence-electron chi connectivity index (χ2n) is 7.15. The molecule has 0 fully saturated rings. The first-order valence-electron chi connectivity index (χ1n) is 9.57. The summed E-state index contributed by atoms with van der Waals surface area (Å²) in [6, 6.07) is 13.0. The Labute approximate surface area is 181 Å². The van der Waals surface area contributed by atoms with Crippen LogP contribution in [0.3, 0.4) is 0 Å². The standard InChI is InChI=1S/C22H24N4O4S/c1-14-5-8-19(11-15(14)2)30-13-22(27)25-18-6-9-20(10-7-18)31(28,29)26-21-12-16(3)23-17(4)24-21/h5-12H,13H2,1-4H3,(H,25,27)(H,23,24,26). The highest BCUT2D eigenvalue weighted by Crippen LogP contribution is 2.19. The SMILES string of the molecule is Cc1cc(NS(=O)(=O)c2ccc(NC(=O)COc3ccc(C)c(C)c3)cc2)nc(C)n1. The molecule has 0 radical (unpaired) electrons. The predicted molar refractivity (Wildman–Crippen MR) is 119 cm³/mol. The van der Waals surface area contributed by atoms with Crippen molar-refractivity contribution in [2.45, 2.75) is 32.6 Å². The third-order valence-corrected chi connectivity index (χ3v) is 5.87. The number of sulfonamides is 1. The third-order valence-electron chi connectivity index (χ3n) is 4.50. The molecule has 0 unspecified atom stereocenters. The molecule has 0 aliphatic rings. The summed E-state index contributed by atoms with van der Waals surface area (Å²) < 4.78 is 33.1. The Bertz CT molecular complexity index is 1190. The topological polar surface area (TPSA) is 110 Å². The van der Waals surface area contributed by atoms with Gasteiger partial charge in [0.15, 0.2) is 6.61 Å². The first-order chi connectivity index (χ1) is 14.6. The van der Waals surface area contributed by atoms with Gasteiger partial charge in [-0.1, -0.05) is 6.07 Å². The van der Waals surface area contributed by atoms with Crippen molar-refractivity contribution < 1.29 is 17.9 Å². The van der Waals surface area contributed by atoms with Gasteiger partial charge in [0, 0.05) is 17.4 Å². The average molecular weight is 441 g/mol. The maximum Gasteiger partial charge on any atom is 0.263 e. The van der Waals surface area contributed by atoms with Gasteiger partial charge in [-0.2, -0.15) is 0 Å². The molecule has 2 aromatic carbocycles. The van der Waals surface area contributed by atoms with Crippen molar-refractivity contribution >= 4 is 27.4 Å². The van der Waals surface area contributed by atoms with Crippen LogP contribution in [0.25, 0.3) is 0 Å². The number of rotatable bonds is 7. The van der Waals surface area contributed by atoms with E-state index in [0.717, 1.165) is 11.1 Å². The van der Waals surface area contributed by atoms with Crippen molar-refractivity contribution in [2.24, 2.45) is 0 Å². The molecule has 0 bridgehead atoms. The van der Waals surface area contributed by atoms with Crippen LogP contribution >= 0.6 is 0 Å². The van der Waals surface area contributed by atoms with Crippen LogP contribution in [0.4, 0.5) is 11.5 Å². The second kappa shape index (κ2) is 9.13. The van der Waals surface area contributed by atoms with Crippen molar-refractivity contribution in [1.82, 2.24) is 9.97 Å². The second-order valence-corrected chi connectivity index (χ2v) is 8.84. The van der Waals surface area contributed by atoms with Gasteiger partial charge in [-0.3, -0.25) is 9.52 Å². The van der Waals surface area contributed by atoms with Gasteiger partial charge >= 0.3 is 0 Å². The summed E-state index contributed by atoms with van der Waals surface area (Å²) in [5.74, 6) is 0.935. The molecule has 0 atom stereocenters. The molecule has 3 aromatic rings. The highest BCUT2D eigenvalue weighted by Gasteiger charge is 2.16. The fourth-order valence-corrected chi connectivity index (χ4v) is 3.83. The Morgan fingerprint density at radius 3 is 2.29 bits per heavy atom. The molecule has 8 nitrogen and oxygen atoms in total. The third kappa shape index (κ3) is 6.02. The Balaban J connectivity index is 1.61. The monoisotopic (exact) mass is 440 g/mol. The number of aryl methyl sites for hydroxylation is 4. The van der Waals surface area contributed by atoms with E-state index in [4.69, 9.17) is 4.74 Å². The molecular weight excluding hydrogens is 416 g/mol. The molecule has 0 saturated heterocycles. The largest absolute Gasteiger partial charge is 0.484 e. The molecule has 0 spiro atoms. The van der Waals surface area contributed by atoms with E-state index >= 15 is 0 Å². The Hall–Kier alpha value is -3.46. The average Bonchev–Trinajstić information content (AvgIpc) is 2.68. The minimum Gasteiger partial charge on any atom is -0.484 e. The molecule has 0 aliphatic heterocycles. The molecule has 3 rings (SSSR count). The van der Waals surface area contributed by atoms with E-state index < -0.39 is 10.0 Å². The summed E-state index contributed by atoms with van der Waals surface area (Å²) in [6.45, 7) is 7.26. The molecule has 0 aliphatic carbocycles. The minimum atomic E-state index is -3.82. The van der Waals surface area contributed by atoms with Crippen LogP contribution in [-0.2, 0) is 14.8 Å². The molecule has 2 N–H and O–H groups in total. The van der Waals surface area contributed by atoms with Crippen LogP contribution in [0.5, 0.6) is 5.75 Å². The van der Waals surface area contributed by atoms with Crippen LogP contribution in [0.1, 0.15) is 22.6 Å². The fourth-order valence-electron chi connectivity index (χ4n) is 2.83. The Morgan fingerprint density at radius 1 is 0.935 bits per heavy atom. The lowest BCUT2D eigenvalue weighted by Gasteiger charge is -2.11. The molecule has 0 saturated carbocycles. The number of nitrogens with one attached hydrogen (secondary N) is 2. The Kier molecular flexibility index (Phi) is 6.55. The predicted octanol–water partition coefficient (Wildman–Crippen LogP) is 3.53. The molecular formula is C22H24N4O4S. The van der Waals surface area contributed by atoms with Gasteiger partial charge in [0.25, 0.3) is 15.9 Å². The molecule has 162 valence electrons. The van der Waals surface area contributed by atoms with Gasteiger partial charge in [-0.25, -0.2) is 18.4 Å². The van der Waals surface area contributed by atoms with E-state index in [1.807, 2.05) is 32.0 Å². The van der Waals surface area contributed by atoms with Gasteiger partial charge in [0.2, 0.25) is 0 Å². The highest BCUT2D eigenvalue weighted by atomic mass is 32.2. The van der Waals surface area contributed by atoms with Gasteiger partial charge in [-0.05, 0) is 75.2 Å². The number of carbonyl (C=O) groups excluding carboxylic acids is 1. The van der Waals surface area contributed by atoms with Crippen molar-refractivity contribution in [1.29, 1.82) is 0 Å². The number of aromatic nitrogens is 2. The van der Waals surface area contributed by atoms with Crippen molar-refractivity contribution in [3.05, 3.63) is 71.2 Å². The zero-order chi connectivity index (χ0) is 22.6. The van der Waals surface area contributed by atoms with Crippen LogP contribution in [0.15, 0.2) is 53.4 Å². The fraction of sp³-hybridized carbons (Fsp3) is 0.227. The molecule has 31 heavy (non-hydrogen) atoms. The number of hydrogen-bond donors (Lipinski definition) is 2. The lowest BCUT2D eigenvalue weighted by Crippen LogP contribution is -2.20. The van der Waals surface area contributed by atoms with Crippen molar-refractivity contribution in [3.63, 3.8) is 0 Å². The van der Waals surface area contributed by atoms with E-state index in [-0.39, 0.29) is 23.2 Å². The van der Waals surface area contributed by atoms with Crippen LogP contribution in [-0.4, -0.2) is 30.9 Å². The lowest BCUT2D eigenvalue weighted by atomic mass is 10.1. The smallest absolute Gasteiger partial charge is 0.263 e. The van der Waals surface area contributed by atoms with Gasteiger partial charge in [-0.15, -0.1) is 0 Å². The number of amides is 1. The Morgan fingerprint density at radius 2 is 1.65 bits per heavy atom. The number of nitrogens with zero attached hydrogens (tertiary/aromatic N) is 2. The van der Waals surface area contributed by atoms with Gasteiger partial charge < -0.3 is 10.1 Å². The normalized spacial score (nSPS) is 11.1. The maximum absolute atomic E-state index is 12.6. The van der Waals surface area contributed by atoms with E-state index in [0.29, 0.717) is 23.0 Å². The first kappa shape index (κ1) is 22.2. The van der Waals surface area contributed by atoms with Crippen LogP contribution in [0, 0.1) is 27.7 Å². The number of hydrogen-bond acceptors (Lipinski definition) is 6. The molecule has 9 heteroatoms. The highest BCUT2D eigenvalue weighted by molar-refractivity contribution is 7.92. The minimum absolute atomic E-state index is 0.0470. The summed E-state index contributed by atoms with van der Waals surface area (Å²) in [5.41, 5.74) is 3.34. The molecule has 1 heterocycles. The van der Waals surface area contributed by atoms with Crippen molar-refractivity contribution in [2.75, 3.05) is 16.6 Å². The number of benzene rings is 2. The summed E-state index contributed by atoms with van der Waals surface area (Å²) in [6.07, 6.45) is 0. The quantitative estimate of drug-likeness (QED) is 0.582. The summed E-state index contributed by atoms with van der Waals surface area (Å²) in [7, 11) is -3.82. The van der Waals surface area contributed by atoms with Gasteiger partial charge in [0.05, 0.1) is 4.90 Å². The number of carbonyl (C=O) groups is 1. The zero-order valence-electron chi connectivity index (χ0n) is 17.8. The van der Waals surface area contributed by atoms with Crippen LogP contribution < -0.4 is 14.8 Å². The number of ether oxygens (including phenoxy) is 1. The van der Waals surface area contributed by atoms with Crippen LogP contribution in [0.2, 0.25) is 0 Å². The summed E-state index contributed by atoms with van der Waals surface area (Å²) in [5, 5.41) is 2.68. The zero-order valence-corrected chi connectivity index (χ0v) is 18.6. The number of anilines is 2. The summed E-state index contributed by atoms with van der Waals surface area (Å²) in [4.78, 5) is 20.4. The van der Waals surface area contributed by atoms with Crippen molar-refractivity contribution in [3.8, 4) is 5.75 Å². The van der Waals surface area contributed by atoms with E-state index in [2.05, 4.69) is 20.0 Å². The van der Waals surface area contributed by atoms with E-state index in [1.165, 1.54) is 24.3 Å². The summed E-state index contributed by atoms with van der Waals surface area (Å²) >= 11 is 0.